The van der Waals surface area contributed by atoms with Crippen molar-refractivity contribution < 1.29 is 14.1 Å². The van der Waals surface area contributed by atoms with Crippen molar-refractivity contribution in [1.82, 2.24) is 5.32 Å². The Morgan fingerprint density at radius 2 is 1.97 bits per heavy atom. The molecule has 1 N–H and O–H groups in total. The average molecular weight is 415 g/mol. The van der Waals surface area contributed by atoms with Crippen LogP contribution in [0, 0.1) is 22.9 Å². The van der Waals surface area contributed by atoms with Crippen LogP contribution in [0.1, 0.15) is 62.3 Å². The van der Waals surface area contributed by atoms with Crippen molar-refractivity contribution in [3.8, 4) is 0 Å². The number of nitrogens with zero attached hydrogens (tertiary/aromatic N) is 1. The highest BCUT2D eigenvalue weighted by Crippen LogP contribution is 2.38. The van der Waals surface area contributed by atoms with Crippen LogP contribution in [0.3, 0.4) is 0 Å². The van der Waals surface area contributed by atoms with Gasteiger partial charge in [-0.25, -0.2) is 4.39 Å². The molecule has 2 aromatic rings. The number of halogens is 1. The SMILES string of the molecule is CCC[C@@]1([N+](=O)[O-])CC[C@@](CO[C@H](C)c2cc(C)cc(F)c2)(c2ccccc2)NC1. The summed E-state index contributed by atoms with van der Waals surface area (Å²) < 4.78 is 20.1. The highest BCUT2D eigenvalue weighted by molar-refractivity contribution is 5.27. The van der Waals surface area contributed by atoms with Crippen LogP contribution in [0.15, 0.2) is 48.5 Å². The van der Waals surface area contributed by atoms with Crippen molar-refractivity contribution in [1.29, 1.82) is 0 Å². The summed E-state index contributed by atoms with van der Waals surface area (Å²) >= 11 is 0. The fourth-order valence-electron chi connectivity index (χ4n) is 4.46. The predicted molar refractivity (Wildman–Crippen MR) is 115 cm³/mol. The third-order valence-corrected chi connectivity index (χ3v) is 6.32. The van der Waals surface area contributed by atoms with Crippen molar-refractivity contribution in [2.24, 2.45) is 0 Å². The van der Waals surface area contributed by atoms with Gasteiger partial charge in [0.05, 0.1) is 24.8 Å². The van der Waals surface area contributed by atoms with Crippen LogP contribution < -0.4 is 5.32 Å². The lowest BCUT2D eigenvalue weighted by atomic mass is 9.75. The van der Waals surface area contributed by atoms with Crippen LogP contribution in [-0.2, 0) is 10.3 Å². The second-order valence-electron chi connectivity index (χ2n) is 8.55. The van der Waals surface area contributed by atoms with Crippen LogP contribution in [0.5, 0.6) is 0 Å². The Balaban J connectivity index is 1.81. The molecule has 0 radical (unpaired) electrons. The van der Waals surface area contributed by atoms with Crippen LogP contribution in [0.4, 0.5) is 4.39 Å². The molecular weight excluding hydrogens is 383 g/mol. The molecule has 1 heterocycles. The van der Waals surface area contributed by atoms with Crippen molar-refractivity contribution >= 4 is 0 Å². The van der Waals surface area contributed by atoms with Crippen molar-refractivity contribution in [2.45, 2.75) is 63.6 Å². The summed E-state index contributed by atoms with van der Waals surface area (Å²) in [7, 11) is 0. The monoisotopic (exact) mass is 414 g/mol. The topological polar surface area (TPSA) is 64.4 Å². The Kier molecular flexibility index (Phi) is 6.88. The van der Waals surface area contributed by atoms with Gasteiger partial charge in [-0.2, -0.15) is 0 Å². The molecule has 0 aliphatic carbocycles. The number of hydrogen-bond acceptors (Lipinski definition) is 4. The normalized spacial score (nSPS) is 25.1. The predicted octanol–water partition coefficient (Wildman–Crippen LogP) is 5.31. The zero-order valence-corrected chi connectivity index (χ0v) is 18.0. The molecule has 2 aromatic carbocycles. The second kappa shape index (κ2) is 9.23. The summed E-state index contributed by atoms with van der Waals surface area (Å²) in [6.07, 6.45) is 2.13. The van der Waals surface area contributed by atoms with E-state index in [4.69, 9.17) is 4.74 Å². The molecule has 0 aromatic heterocycles. The van der Waals surface area contributed by atoms with E-state index in [0.29, 0.717) is 32.4 Å². The molecular formula is C24H31FN2O3. The number of ether oxygens (including phenoxy) is 1. The van der Waals surface area contributed by atoms with Gasteiger partial charge in [-0.05, 0) is 55.5 Å². The van der Waals surface area contributed by atoms with Gasteiger partial charge in [-0.1, -0.05) is 43.3 Å². The van der Waals surface area contributed by atoms with Crippen molar-refractivity contribution in [3.63, 3.8) is 0 Å². The fraction of sp³-hybridized carbons (Fsp3) is 0.500. The van der Waals surface area contributed by atoms with Crippen LogP contribution in [0.2, 0.25) is 0 Å². The highest BCUT2D eigenvalue weighted by atomic mass is 19.1. The number of hydrogen-bond donors (Lipinski definition) is 1. The highest BCUT2D eigenvalue weighted by Gasteiger charge is 2.50. The lowest BCUT2D eigenvalue weighted by molar-refractivity contribution is -0.573. The molecule has 0 unspecified atom stereocenters. The van der Waals surface area contributed by atoms with Gasteiger partial charge in [-0.15, -0.1) is 0 Å². The first-order valence-electron chi connectivity index (χ1n) is 10.6. The Morgan fingerprint density at radius 3 is 2.53 bits per heavy atom. The van der Waals surface area contributed by atoms with E-state index < -0.39 is 11.1 Å². The van der Waals surface area contributed by atoms with Gasteiger partial charge in [-0.3, -0.25) is 15.4 Å². The molecule has 3 rings (SSSR count). The van der Waals surface area contributed by atoms with E-state index in [1.165, 1.54) is 12.1 Å². The minimum Gasteiger partial charge on any atom is -0.372 e. The maximum Gasteiger partial charge on any atom is 0.234 e. The Hall–Kier alpha value is -2.31. The number of benzene rings is 2. The number of piperidine rings is 1. The summed E-state index contributed by atoms with van der Waals surface area (Å²) in [6.45, 7) is 6.41. The molecule has 1 aliphatic heterocycles. The standard InChI is InChI=1S/C24H31FN2O3/c1-4-10-23(27(28)29)11-12-24(26-16-23,21-8-6-5-7-9-21)17-30-19(3)20-13-18(2)14-22(25)15-20/h5-9,13-15,19,26H,4,10-12,16-17H2,1-3H3/t19-,23-,24-/m1/s1. The van der Waals surface area contributed by atoms with Gasteiger partial charge in [0.1, 0.15) is 5.82 Å². The molecule has 30 heavy (non-hydrogen) atoms. The molecule has 0 spiro atoms. The zero-order chi connectivity index (χ0) is 21.8. The fourth-order valence-corrected chi connectivity index (χ4v) is 4.46. The van der Waals surface area contributed by atoms with Crippen LogP contribution in [-0.4, -0.2) is 23.6 Å². The Labute approximate surface area is 177 Å². The lowest BCUT2D eigenvalue weighted by Gasteiger charge is -2.44. The van der Waals surface area contributed by atoms with E-state index in [1.807, 2.05) is 57.2 Å². The summed E-state index contributed by atoms with van der Waals surface area (Å²) in [5.74, 6) is -0.274. The third-order valence-electron chi connectivity index (χ3n) is 6.32. The first-order chi connectivity index (χ1) is 14.3. The van der Waals surface area contributed by atoms with Gasteiger partial charge < -0.3 is 4.74 Å². The Morgan fingerprint density at radius 1 is 1.23 bits per heavy atom. The zero-order valence-electron chi connectivity index (χ0n) is 18.0. The van der Waals surface area contributed by atoms with E-state index >= 15 is 0 Å². The van der Waals surface area contributed by atoms with E-state index in [-0.39, 0.29) is 16.8 Å². The van der Waals surface area contributed by atoms with Gasteiger partial charge >= 0.3 is 0 Å². The summed E-state index contributed by atoms with van der Waals surface area (Å²) in [4.78, 5) is 11.7. The van der Waals surface area contributed by atoms with Crippen molar-refractivity contribution in [3.05, 3.63) is 81.2 Å². The molecule has 0 bridgehead atoms. The summed E-state index contributed by atoms with van der Waals surface area (Å²) in [6, 6.07) is 14.9. The van der Waals surface area contributed by atoms with Crippen LogP contribution >= 0.6 is 0 Å². The molecule has 5 nitrogen and oxygen atoms in total. The van der Waals surface area contributed by atoms with E-state index in [9.17, 15) is 14.5 Å². The molecule has 1 saturated heterocycles. The maximum atomic E-state index is 13.8. The second-order valence-corrected chi connectivity index (χ2v) is 8.55. The lowest BCUT2D eigenvalue weighted by Crippen LogP contribution is -2.60. The molecule has 1 aliphatic rings. The number of nitrogens with one attached hydrogen (secondary N) is 1. The van der Waals surface area contributed by atoms with Gasteiger partial charge in [0, 0.05) is 17.8 Å². The molecule has 0 amide bonds. The van der Waals surface area contributed by atoms with E-state index in [2.05, 4.69) is 5.32 Å². The van der Waals surface area contributed by atoms with E-state index in [0.717, 1.165) is 23.1 Å². The average Bonchev–Trinajstić information content (AvgIpc) is 2.73. The molecule has 3 atom stereocenters. The van der Waals surface area contributed by atoms with Gasteiger partial charge in [0.25, 0.3) is 0 Å². The first kappa shape index (κ1) is 22.4. The minimum atomic E-state index is -0.932. The van der Waals surface area contributed by atoms with Crippen molar-refractivity contribution in [2.75, 3.05) is 13.2 Å². The van der Waals surface area contributed by atoms with Crippen LogP contribution in [0.25, 0.3) is 0 Å². The molecule has 0 saturated carbocycles. The van der Waals surface area contributed by atoms with Gasteiger partial charge in [0.15, 0.2) is 0 Å². The smallest absolute Gasteiger partial charge is 0.234 e. The third kappa shape index (κ3) is 4.71. The van der Waals surface area contributed by atoms with Gasteiger partial charge in [0.2, 0.25) is 5.54 Å². The first-order valence-corrected chi connectivity index (χ1v) is 10.6. The Bertz CT molecular complexity index is 844. The number of aryl methyl sites for hydroxylation is 1. The summed E-state index contributed by atoms with van der Waals surface area (Å²) in [5.41, 5.74) is 1.26. The maximum absolute atomic E-state index is 13.8. The quantitative estimate of drug-likeness (QED) is 0.470. The largest absolute Gasteiger partial charge is 0.372 e. The molecule has 1 fully saturated rings. The number of rotatable bonds is 8. The number of nitro groups is 1. The minimum absolute atomic E-state index is 0.114. The molecule has 162 valence electrons. The molecule has 6 heteroatoms. The van der Waals surface area contributed by atoms with E-state index in [1.54, 1.807) is 0 Å². The summed E-state index contributed by atoms with van der Waals surface area (Å²) in [5, 5.41) is 15.3.